The SMILES string of the molecule is CC=CC=CC(=O)NNC(=O)c1cccc([N+](=O)[O-])c1. The first-order valence-corrected chi connectivity index (χ1v) is 5.68. The van der Waals surface area contributed by atoms with Crippen LogP contribution in [0.5, 0.6) is 0 Å². The van der Waals surface area contributed by atoms with E-state index in [0.29, 0.717) is 0 Å². The van der Waals surface area contributed by atoms with Crippen LogP contribution >= 0.6 is 0 Å². The van der Waals surface area contributed by atoms with Crippen molar-refractivity contribution in [2.24, 2.45) is 0 Å². The van der Waals surface area contributed by atoms with Gasteiger partial charge in [-0.3, -0.25) is 30.6 Å². The molecule has 0 heterocycles. The van der Waals surface area contributed by atoms with Gasteiger partial charge in [0.05, 0.1) is 4.92 Å². The van der Waals surface area contributed by atoms with Crippen LogP contribution in [0.3, 0.4) is 0 Å². The number of hydrogen-bond acceptors (Lipinski definition) is 4. The Labute approximate surface area is 115 Å². The molecule has 104 valence electrons. The van der Waals surface area contributed by atoms with Crippen LogP contribution in [0.2, 0.25) is 0 Å². The molecule has 7 nitrogen and oxygen atoms in total. The summed E-state index contributed by atoms with van der Waals surface area (Å²) in [7, 11) is 0. The Morgan fingerprint density at radius 2 is 2.00 bits per heavy atom. The highest BCUT2D eigenvalue weighted by Crippen LogP contribution is 2.12. The molecule has 0 aliphatic heterocycles. The molecule has 0 aliphatic carbocycles. The van der Waals surface area contributed by atoms with E-state index in [1.165, 1.54) is 30.4 Å². The predicted molar refractivity (Wildman–Crippen MR) is 72.7 cm³/mol. The van der Waals surface area contributed by atoms with Gasteiger partial charge in [-0.1, -0.05) is 24.3 Å². The number of rotatable bonds is 4. The zero-order valence-electron chi connectivity index (χ0n) is 10.7. The van der Waals surface area contributed by atoms with E-state index in [2.05, 4.69) is 10.9 Å². The highest BCUT2D eigenvalue weighted by atomic mass is 16.6. The first-order valence-electron chi connectivity index (χ1n) is 5.68. The van der Waals surface area contributed by atoms with Crippen molar-refractivity contribution in [1.29, 1.82) is 0 Å². The van der Waals surface area contributed by atoms with Gasteiger partial charge in [0.25, 0.3) is 17.5 Å². The number of nitro groups is 1. The Bertz CT molecular complexity index is 579. The minimum atomic E-state index is -0.638. The molecule has 0 fully saturated rings. The minimum absolute atomic E-state index is 0.0805. The van der Waals surface area contributed by atoms with Gasteiger partial charge in [-0.05, 0) is 13.0 Å². The standard InChI is InChI=1S/C13H13N3O4/c1-2-3-4-8-12(17)14-15-13(18)10-6-5-7-11(9-10)16(19)20/h2-9H,1H3,(H,14,17)(H,15,18). The molecular formula is C13H13N3O4. The average Bonchev–Trinajstić information content (AvgIpc) is 2.45. The first-order chi connectivity index (χ1) is 9.54. The normalized spacial score (nSPS) is 10.7. The van der Waals surface area contributed by atoms with Crippen molar-refractivity contribution >= 4 is 17.5 Å². The van der Waals surface area contributed by atoms with Crippen LogP contribution in [0.25, 0.3) is 0 Å². The van der Waals surface area contributed by atoms with Gasteiger partial charge in [-0.15, -0.1) is 0 Å². The summed E-state index contributed by atoms with van der Waals surface area (Å²) < 4.78 is 0. The van der Waals surface area contributed by atoms with Crippen molar-refractivity contribution in [3.8, 4) is 0 Å². The van der Waals surface area contributed by atoms with Crippen LogP contribution in [0.15, 0.2) is 48.6 Å². The highest BCUT2D eigenvalue weighted by Gasteiger charge is 2.11. The summed E-state index contributed by atoms with van der Waals surface area (Å²) >= 11 is 0. The Morgan fingerprint density at radius 1 is 1.25 bits per heavy atom. The maximum atomic E-state index is 11.7. The Hall–Kier alpha value is -2.96. The Kier molecular flexibility index (Phi) is 5.64. The van der Waals surface area contributed by atoms with Gasteiger partial charge in [0.15, 0.2) is 0 Å². The van der Waals surface area contributed by atoms with Gasteiger partial charge in [0.1, 0.15) is 0 Å². The Balaban J connectivity index is 2.61. The number of allylic oxidation sites excluding steroid dienone is 3. The molecule has 0 saturated carbocycles. The highest BCUT2D eigenvalue weighted by molar-refractivity contribution is 5.97. The molecule has 0 aromatic heterocycles. The molecule has 0 radical (unpaired) electrons. The molecule has 20 heavy (non-hydrogen) atoms. The van der Waals surface area contributed by atoms with Gasteiger partial charge < -0.3 is 0 Å². The van der Waals surface area contributed by atoms with Crippen molar-refractivity contribution in [2.75, 3.05) is 0 Å². The van der Waals surface area contributed by atoms with E-state index in [9.17, 15) is 19.7 Å². The van der Waals surface area contributed by atoms with Crippen molar-refractivity contribution in [3.63, 3.8) is 0 Å². The molecule has 0 atom stereocenters. The lowest BCUT2D eigenvalue weighted by molar-refractivity contribution is -0.384. The lowest BCUT2D eigenvalue weighted by atomic mass is 10.2. The van der Waals surface area contributed by atoms with E-state index in [4.69, 9.17) is 0 Å². The van der Waals surface area contributed by atoms with E-state index >= 15 is 0 Å². The van der Waals surface area contributed by atoms with Crippen molar-refractivity contribution in [3.05, 3.63) is 64.2 Å². The Morgan fingerprint density at radius 3 is 2.65 bits per heavy atom. The maximum absolute atomic E-state index is 11.7. The number of non-ortho nitro benzene ring substituents is 1. The summed E-state index contributed by atoms with van der Waals surface area (Å²) in [6.45, 7) is 1.80. The van der Waals surface area contributed by atoms with Crippen molar-refractivity contribution in [1.82, 2.24) is 10.9 Å². The lowest BCUT2D eigenvalue weighted by Gasteiger charge is -2.04. The van der Waals surface area contributed by atoms with Crippen LogP contribution < -0.4 is 10.9 Å². The second-order valence-electron chi connectivity index (χ2n) is 3.64. The number of hydrogen-bond donors (Lipinski definition) is 2. The summed E-state index contributed by atoms with van der Waals surface area (Å²) in [5.41, 5.74) is 4.20. The molecule has 1 rings (SSSR count). The summed E-state index contributed by atoms with van der Waals surface area (Å²) in [4.78, 5) is 32.9. The molecule has 2 N–H and O–H groups in total. The van der Waals surface area contributed by atoms with Gasteiger partial charge in [-0.2, -0.15) is 0 Å². The third kappa shape index (κ3) is 4.73. The molecular weight excluding hydrogens is 262 g/mol. The molecule has 1 aromatic rings. The van der Waals surface area contributed by atoms with E-state index in [1.54, 1.807) is 19.1 Å². The van der Waals surface area contributed by atoms with Gasteiger partial charge >= 0.3 is 0 Å². The molecule has 0 saturated heterocycles. The zero-order chi connectivity index (χ0) is 15.0. The largest absolute Gasteiger partial charge is 0.270 e. The monoisotopic (exact) mass is 275 g/mol. The summed E-state index contributed by atoms with van der Waals surface area (Å²) in [5.74, 6) is -1.15. The number of nitro benzene ring substituents is 1. The third-order valence-corrected chi connectivity index (χ3v) is 2.17. The van der Waals surface area contributed by atoms with Crippen LogP contribution in [-0.4, -0.2) is 16.7 Å². The molecule has 2 amide bonds. The second-order valence-corrected chi connectivity index (χ2v) is 3.64. The second kappa shape index (κ2) is 7.47. The summed E-state index contributed by atoms with van der Waals surface area (Å²) in [6, 6.07) is 5.19. The summed E-state index contributed by atoms with van der Waals surface area (Å²) in [6.07, 6.45) is 6.13. The number of carbonyl (C=O) groups excluding carboxylic acids is 2. The number of hydrazine groups is 1. The molecule has 0 bridgehead atoms. The van der Waals surface area contributed by atoms with Crippen LogP contribution in [0.4, 0.5) is 5.69 Å². The maximum Gasteiger partial charge on any atom is 0.270 e. The number of amides is 2. The third-order valence-electron chi connectivity index (χ3n) is 2.17. The predicted octanol–water partition coefficient (Wildman–Crippen LogP) is 1.49. The quantitative estimate of drug-likeness (QED) is 0.376. The zero-order valence-corrected chi connectivity index (χ0v) is 10.7. The minimum Gasteiger partial charge on any atom is -0.268 e. The topological polar surface area (TPSA) is 101 Å². The van der Waals surface area contributed by atoms with Crippen molar-refractivity contribution in [2.45, 2.75) is 6.92 Å². The number of nitrogens with zero attached hydrogens (tertiary/aromatic N) is 1. The molecule has 0 spiro atoms. The van der Waals surface area contributed by atoms with Crippen LogP contribution in [-0.2, 0) is 4.79 Å². The van der Waals surface area contributed by atoms with E-state index < -0.39 is 16.7 Å². The summed E-state index contributed by atoms with van der Waals surface area (Å²) in [5, 5.41) is 10.6. The van der Waals surface area contributed by atoms with Crippen LogP contribution in [0.1, 0.15) is 17.3 Å². The van der Waals surface area contributed by atoms with Crippen molar-refractivity contribution < 1.29 is 14.5 Å². The number of carbonyl (C=O) groups is 2. The van der Waals surface area contributed by atoms with E-state index in [1.807, 2.05) is 0 Å². The van der Waals surface area contributed by atoms with E-state index in [-0.39, 0.29) is 11.3 Å². The van der Waals surface area contributed by atoms with Gasteiger partial charge in [0.2, 0.25) is 0 Å². The van der Waals surface area contributed by atoms with Gasteiger partial charge in [-0.25, -0.2) is 0 Å². The molecule has 0 unspecified atom stereocenters. The number of nitrogens with one attached hydrogen (secondary N) is 2. The first kappa shape index (κ1) is 15.1. The van der Waals surface area contributed by atoms with E-state index in [0.717, 1.165) is 6.07 Å². The number of benzene rings is 1. The van der Waals surface area contributed by atoms with Gasteiger partial charge in [0, 0.05) is 23.8 Å². The average molecular weight is 275 g/mol. The fourth-order valence-corrected chi connectivity index (χ4v) is 1.25. The lowest BCUT2D eigenvalue weighted by Crippen LogP contribution is -2.40. The smallest absolute Gasteiger partial charge is 0.268 e. The molecule has 1 aromatic carbocycles. The molecule has 7 heteroatoms. The van der Waals surface area contributed by atoms with Crippen LogP contribution in [0, 0.1) is 10.1 Å². The fraction of sp³-hybridized carbons (Fsp3) is 0.0769. The molecule has 0 aliphatic rings. The fourth-order valence-electron chi connectivity index (χ4n) is 1.25.